The number of likely N-dealkylation sites (N-methyl/N-ethyl adjacent to an activating group) is 3. The summed E-state index contributed by atoms with van der Waals surface area (Å²) in [5.74, 6) is 0. The molecule has 0 aliphatic rings. The van der Waals surface area contributed by atoms with Crippen LogP contribution in [0.3, 0.4) is 0 Å². The van der Waals surface area contributed by atoms with Crippen LogP contribution in [0.1, 0.15) is 52.4 Å². The van der Waals surface area contributed by atoms with Gasteiger partial charge in [0.05, 0.1) is 41.3 Å². The Morgan fingerprint density at radius 1 is 0.588 bits per heavy atom. The Morgan fingerprint density at radius 2 is 0.941 bits per heavy atom. The lowest BCUT2D eigenvalue weighted by atomic mass is 10.3. The summed E-state index contributed by atoms with van der Waals surface area (Å²) < 4.78 is 46.3. The second kappa shape index (κ2) is 20.0. The van der Waals surface area contributed by atoms with Crippen LogP contribution in [0.15, 0.2) is 0 Å². The van der Waals surface area contributed by atoms with E-state index in [1.54, 1.807) is 0 Å². The number of unbranched alkanes of at least 4 members (excludes halogenated alkanes) is 4. The molecule has 0 radical (unpaired) electrons. The molecule has 0 saturated heterocycles. The summed E-state index contributed by atoms with van der Waals surface area (Å²) in [5.41, 5.74) is 0. The average molecular weight is 530 g/mol. The molecule has 11 heteroatoms. The van der Waals surface area contributed by atoms with Crippen LogP contribution in [-0.4, -0.2) is 115 Å². The Balaban J connectivity index is 3.98. The van der Waals surface area contributed by atoms with Crippen LogP contribution in [-0.2, 0) is 27.2 Å². The fourth-order valence-corrected chi connectivity index (χ4v) is 4.17. The lowest BCUT2D eigenvalue weighted by Gasteiger charge is -2.33. The first-order chi connectivity index (χ1) is 16.0. The van der Waals surface area contributed by atoms with Crippen LogP contribution in [0, 0.1) is 0 Å². The van der Waals surface area contributed by atoms with Crippen molar-refractivity contribution in [2.45, 2.75) is 52.4 Å². The molecule has 0 heterocycles. The molecule has 0 rings (SSSR count). The van der Waals surface area contributed by atoms with E-state index in [0.29, 0.717) is 26.4 Å². The van der Waals surface area contributed by atoms with Gasteiger partial charge in [-0.05, 0) is 19.9 Å². The van der Waals surface area contributed by atoms with Crippen molar-refractivity contribution in [3.05, 3.63) is 0 Å². The topological polar surface area (TPSA) is 74.3 Å². The molecule has 9 nitrogen and oxygen atoms in total. The molecule has 202 valence electrons. The molecule has 0 amide bonds. The number of quaternary nitrogens is 2. The standard InChI is InChI=1S/C23H53N3O6P2/c1-8-10-12-20-29-33(27)31-22-18-25(4,5)16-14-24(3)15-17-26(6,7)19-23-32-34(28)30-21-13-11-9-2/h8-23H2,1-7H3/q+4. The fraction of sp³-hybridized carbons (Fsp3) is 1.00. The minimum Gasteiger partial charge on any atom is -0.325 e. The summed E-state index contributed by atoms with van der Waals surface area (Å²) >= 11 is 0. The van der Waals surface area contributed by atoms with E-state index in [9.17, 15) is 9.13 Å². The first-order valence-corrected chi connectivity index (χ1v) is 15.0. The average Bonchev–Trinajstić information content (AvgIpc) is 2.77. The SMILES string of the molecule is CCCCCO[P+](=O)OCC[N+](C)(C)CCN(C)CC[N+](C)(C)CCO[P+](=O)OCCCCC. The molecule has 2 unspecified atom stereocenters. The summed E-state index contributed by atoms with van der Waals surface area (Å²) in [6, 6.07) is 0. The predicted octanol–water partition coefficient (Wildman–Crippen LogP) is 4.83. The molecule has 0 N–H and O–H groups in total. The van der Waals surface area contributed by atoms with E-state index in [0.717, 1.165) is 86.8 Å². The molecule has 0 fully saturated rings. The van der Waals surface area contributed by atoms with Crippen molar-refractivity contribution < 1.29 is 36.2 Å². The van der Waals surface area contributed by atoms with E-state index in [-0.39, 0.29) is 0 Å². The smallest absolute Gasteiger partial charge is 0.325 e. The molecule has 0 aliphatic heterocycles. The zero-order chi connectivity index (χ0) is 25.9. The van der Waals surface area contributed by atoms with E-state index in [4.69, 9.17) is 18.1 Å². The van der Waals surface area contributed by atoms with Crippen LogP contribution < -0.4 is 0 Å². The highest BCUT2D eigenvalue weighted by atomic mass is 31.1. The van der Waals surface area contributed by atoms with Crippen LogP contribution in [0.2, 0.25) is 0 Å². The van der Waals surface area contributed by atoms with E-state index in [1.165, 1.54) is 0 Å². The Morgan fingerprint density at radius 3 is 1.29 bits per heavy atom. The second-order valence-electron chi connectivity index (χ2n) is 10.3. The molecule has 2 atom stereocenters. The third kappa shape index (κ3) is 21.2. The third-order valence-electron chi connectivity index (χ3n) is 5.85. The third-order valence-corrected chi connectivity index (χ3v) is 7.42. The summed E-state index contributed by atoms with van der Waals surface area (Å²) in [4.78, 5) is 2.33. The molecule has 0 aliphatic carbocycles. The minimum absolute atomic E-state index is 0.425. The van der Waals surface area contributed by atoms with Gasteiger partial charge in [0.2, 0.25) is 0 Å². The highest BCUT2D eigenvalue weighted by Gasteiger charge is 2.25. The van der Waals surface area contributed by atoms with Gasteiger partial charge in [-0.2, -0.15) is 0 Å². The second-order valence-corrected chi connectivity index (χ2v) is 12.2. The fourth-order valence-electron chi connectivity index (χ4n) is 3.00. The van der Waals surface area contributed by atoms with Crippen LogP contribution in [0.4, 0.5) is 0 Å². The van der Waals surface area contributed by atoms with Crippen LogP contribution >= 0.6 is 16.5 Å². The van der Waals surface area contributed by atoms with Gasteiger partial charge in [0.15, 0.2) is 13.2 Å². The normalized spacial score (nSPS) is 13.5. The van der Waals surface area contributed by atoms with Gasteiger partial charge >= 0.3 is 16.5 Å². The minimum atomic E-state index is -2.01. The summed E-state index contributed by atoms with van der Waals surface area (Å²) in [7, 11) is 6.75. The van der Waals surface area contributed by atoms with Crippen LogP contribution in [0.25, 0.3) is 0 Å². The number of hydrogen-bond donors (Lipinski definition) is 0. The monoisotopic (exact) mass is 529 g/mol. The maximum absolute atomic E-state index is 11.8. The van der Waals surface area contributed by atoms with Gasteiger partial charge in [-0.1, -0.05) is 39.5 Å². The van der Waals surface area contributed by atoms with Gasteiger partial charge in [-0.15, -0.1) is 18.1 Å². The highest BCUT2D eigenvalue weighted by Crippen LogP contribution is 2.25. The first-order valence-electron chi connectivity index (χ1n) is 12.8. The van der Waals surface area contributed by atoms with Crippen molar-refractivity contribution in [2.24, 2.45) is 0 Å². The van der Waals surface area contributed by atoms with Crippen molar-refractivity contribution >= 4 is 16.5 Å². The van der Waals surface area contributed by atoms with Gasteiger partial charge < -0.3 is 8.97 Å². The number of hydrogen-bond acceptors (Lipinski definition) is 7. The molecule has 0 aromatic carbocycles. The molecule has 0 bridgehead atoms. The van der Waals surface area contributed by atoms with Crippen molar-refractivity contribution in [2.75, 3.05) is 101 Å². The summed E-state index contributed by atoms with van der Waals surface area (Å²) in [5, 5.41) is 0. The van der Waals surface area contributed by atoms with Crippen molar-refractivity contribution in [1.82, 2.24) is 4.90 Å². The van der Waals surface area contributed by atoms with Gasteiger partial charge in [0.1, 0.15) is 26.3 Å². The molecule has 0 aromatic rings. The van der Waals surface area contributed by atoms with E-state index in [2.05, 4.69) is 54.0 Å². The molecule has 0 aromatic heterocycles. The summed E-state index contributed by atoms with van der Waals surface area (Å²) in [6.07, 6.45) is 6.24. The lowest BCUT2D eigenvalue weighted by molar-refractivity contribution is -0.892. The van der Waals surface area contributed by atoms with E-state index < -0.39 is 16.5 Å². The van der Waals surface area contributed by atoms with Crippen LogP contribution in [0.5, 0.6) is 0 Å². The quantitative estimate of drug-likeness (QED) is 0.101. The summed E-state index contributed by atoms with van der Waals surface area (Å²) in [6.45, 7) is 11.5. The molecule has 0 saturated carbocycles. The molecule has 34 heavy (non-hydrogen) atoms. The molecular formula is C23H53N3O6P2+4. The van der Waals surface area contributed by atoms with E-state index >= 15 is 0 Å². The maximum Gasteiger partial charge on any atom is 0.697 e. The Labute approximate surface area is 211 Å². The van der Waals surface area contributed by atoms with Crippen molar-refractivity contribution in [1.29, 1.82) is 0 Å². The van der Waals surface area contributed by atoms with E-state index in [1.807, 2.05) is 0 Å². The highest BCUT2D eigenvalue weighted by molar-refractivity contribution is 7.33. The first kappa shape index (κ1) is 33.9. The maximum atomic E-state index is 11.8. The largest absolute Gasteiger partial charge is 0.697 e. The Kier molecular flexibility index (Phi) is 20.0. The lowest BCUT2D eigenvalue weighted by Crippen LogP contribution is -2.49. The van der Waals surface area contributed by atoms with Gasteiger partial charge in [0.25, 0.3) is 0 Å². The van der Waals surface area contributed by atoms with Gasteiger partial charge in [-0.3, -0.25) is 4.90 Å². The number of nitrogens with zero attached hydrogens (tertiary/aromatic N) is 3. The zero-order valence-electron chi connectivity index (χ0n) is 23.0. The molecular weight excluding hydrogens is 476 g/mol. The predicted molar refractivity (Wildman–Crippen MR) is 139 cm³/mol. The van der Waals surface area contributed by atoms with Gasteiger partial charge in [-0.25, -0.2) is 0 Å². The number of rotatable bonds is 24. The Bertz CT molecular complexity index is 507. The Hall–Kier alpha value is -0.0800. The molecule has 0 spiro atoms. The zero-order valence-corrected chi connectivity index (χ0v) is 24.8. The van der Waals surface area contributed by atoms with Crippen molar-refractivity contribution in [3.8, 4) is 0 Å². The van der Waals surface area contributed by atoms with Gasteiger partial charge in [0, 0.05) is 22.2 Å². The van der Waals surface area contributed by atoms with Crippen molar-refractivity contribution in [3.63, 3.8) is 0 Å².